The molecule has 52 heavy (non-hydrogen) atoms. The van der Waals surface area contributed by atoms with Crippen molar-refractivity contribution in [3.8, 4) is 22.6 Å². The molecule has 12 heteroatoms. The minimum atomic E-state index is -0.579. The third-order valence-electron chi connectivity index (χ3n) is 7.82. The van der Waals surface area contributed by atoms with Crippen LogP contribution in [0.25, 0.3) is 17.2 Å². The molecule has 0 fully saturated rings. The molecule has 0 aliphatic carbocycles. The van der Waals surface area contributed by atoms with Crippen molar-refractivity contribution in [2.45, 2.75) is 24.0 Å². The lowest BCUT2D eigenvalue weighted by molar-refractivity contribution is -0.115. The minimum absolute atomic E-state index is 0.0227. The molecule has 0 aliphatic rings. The normalized spacial score (nSPS) is 11.6. The predicted octanol–water partition coefficient (Wildman–Crippen LogP) is 8.06. The summed E-state index contributed by atoms with van der Waals surface area (Å²) in [5.41, 5.74) is 4.23. The molecule has 0 saturated heterocycles. The predicted molar refractivity (Wildman–Crippen MR) is 206 cm³/mol. The molecule has 3 N–H and O–H groups in total. The first-order chi connectivity index (χ1) is 25.1. The molecule has 1 aromatic heterocycles. The van der Waals surface area contributed by atoms with Gasteiger partial charge in [-0.05, 0) is 68.0 Å². The van der Waals surface area contributed by atoms with Crippen LogP contribution in [0.5, 0.6) is 11.5 Å². The molecule has 5 rings (SSSR count). The number of rotatable bonds is 13. The molecular weight excluding hydrogens is 699 g/mol. The van der Waals surface area contributed by atoms with Gasteiger partial charge in [0.05, 0.1) is 26.6 Å². The van der Waals surface area contributed by atoms with E-state index in [1.54, 1.807) is 73.7 Å². The van der Waals surface area contributed by atoms with E-state index in [0.29, 0.717) is 49.3 Å². The van der Waals surface area contributed by atoms with E-state index in [1.807, 2.05) is 42.6 Å². The number of anilines is 2. The van der Waals surface area contributed by atoms with Crippen LogP contribution < -0.4 is 25.4 Å². The Morgan fingerprint density at radius 2 is 1.58 bits per heavy atom. The number of esters is 1. The molecule has 0 spiro atoms. The number of nitrogens with one attached hydrogen (secondary N) is 3. The number of hydrogen-bond donors (Lipinski definition) is 3. The summed E-state index contributed by atoms with van der Waals surface area (Å²) in [7, 11) is 4.34. The fourth-order valence-corrected chi connectivity index (χ4v) is 6.94. The van der Waals surface area contributed by atoms with Crippen molar-refractivity contribution in [3.63, 3.8) is 0 Å². The van der Waals surface area contributed by atoms with Crippen molar-refractivity contribution in [1.29, 1.82) is 0 Å². The molecule has 10 nitrogen and oxygen atoms in total. The first kappa shape index (κ1) is 37.4. The second-order valence-corrected chi connectivity index (χ2v) is 13.7. The summed E-state index contributed by atoms with van der Waals surface area (Å²) in [6, 6.07) is 28.4. The standard InChI is InChI=1S/C40H37N3O7S2/c1-24-14-16-26(17-15-24)32-23-51-39(35(32)40(47)50-5)43-36(44)25(2)52-31-13-9-12-29(21-31)41-38(46)33(42-37(45)27-10-7-6-8-11-27)20-28-18-19-30(48-3)22-34(28)49-4/h6-23,25H,1-5H3,(H,41,46)(H,42,45)(H,43,44)/b33-20+. The van der Waals surface area contributed by atoms with Gasteiger partial charge in [-0.25, -0.2) is 4.79 Å². The number of benzene rings is 4. The second kappa shape index (κ2) is 17.4. The summed E-state index contributed by atoms with van der Waals surface area (Å²) in [6.45, 7) is 3.73. The van der Waals surface area contributed by atoms with Gasteiger partial charge in [-0.3, -0.25) is 14.4 Å². The first-order valence-corrected chi connectivity index (χ1v) is 17.8. The number of carbonyl (C=O) groups is 4. The van der Waals surface area contributed by atoms with Crippen molar-refractivity contribution in [2.24, 2.45) is 0 Å². The highest BCUT2D eigenvalue weighted by atomic mass is 32.2. The van der Waals surface area contributed by atoms with Crippen LogP contribution in [0, 0.1) is 6.92 Å². The average molecular weight is 736 g/mol. The van der Waals surface area contributed by atoms with Crippen LogP contribution in [0.15, 0.2) is 113 Å². The van der Waals surface area contributed by atoms with E-state index in [9.17, 15) is 19.2 Å². The summed E-state index contributed by atoms with van der Waals surface area (Å²) in [5.74, 6) is -0.897. The fraction of sp³-hybridized carbons (Fsp3) is 0.150. The van der Waals surface area contributed by atoms with Gasteiger partial charge in [-0.2, -0.15) is 0 Å². The number of aryl methyl sites for hydroxylation is 1. The van der Waals surface area contributed by atoms with E-state index in [-0.39, 0.29) is 11.6 Å². The number of ether oxygens (including phenoxy) is 3. The molecule has 0 aliphatic heterocycles. The lowest BCUT2D eigenvalue weighted by atomic mass is 10.0. The third-order valence-corrected chi connectivity index (χ3v) is 9.81. The van der Waals surface area contributed by atoms with Crippen LogP contribution in [-0.4, -0.2) is 50.3 Å². The number of hydrogen-bond acceptors (Lipinski definition) is 9. The minimum Gasteiger partial charge on any atom is -0.497 e. The maximum atomic E-state index is 13.7. The first-order valence-electron chi connectivity index (χ1n) is 16.1. The third kappa shape index (κ3) is 9.27. The SMILES string of the molecule is COC(=O)c1c(-c2ccc(C)cc2)csc1NC(=O)C(C)Sc1cccc(NC(=O)/C(=C\c2ccc(OC)cc2OC)NC(=O)c2ccccc2)c1. The number of thioether (sulfide) groups is 1. The summed E-state index contributed by atoms with van der Waals surface area (Å²) >= 11 is 2.53. The lowest BCUT2D eigenvalue weighted by Gasteiger charge is -2.15. The van der Waals surface area contributed by atoms with Crippen molar-refractivity contribution < 1.29 is 33.4 Å². The van der Waals surface area contributed by atoms with E-state index in [2.05, 4.69) is 16.0 Å². The Hall–Kier alpha value is -5.85. The van der Waals surface area contributed by atoms with Crippen molar-refractivity contribution in [2.75, 3.05) is 32.0 Å². The van der Waals surface area contributed by atoms with Gasteiger partial charge in [0.1, 0.15) is 27.8 Å². The molecule has 266 valence electrons. The Morgan fingerprint density at radius 3 is 2.27 bits per heavy atom. The maximum Gasteiger partial charge on any atom is 0.341 e. The quantitative estimate of drug-likeness (QED) is 0.0629. The zero-order chi connectivity index (χ0) is 37.2. The van der Waals surface area contributed by atoms with Gasteiger partial charge in [0.15, 0.2) is 0 Å². The monoisotopic (exact) mass is 735 g/mol. The van der Waals surface area contributed by atoms with Crippen LogP contribution in [-0.2, 0) is 14.3 Å². The second-order valence-electron chi connectivity index (χ2n) is 11.4. The van der Waals surface area contributed by atoms with Crippen LogP contribution in [0.3, 0.4) is 0 Å². The molecule has 1 unspecified atom stereocenters. The molecule has 0 radical (unpaired) electrons. The highest BCUT2D eigenvalue weighted by Gasteiger charge is 2.25. The topological polar surface area (TPSA) is 132 Å². The van der Waals surface area contributed by atoms with Crippen molar-refractivity contribution >= 4 is 63.6 Å². The Balaban J connectivity index is 1.33. The van der Waals surface area contributed by atoms with Crippen molar-refractivity contribution in [1.82, 2.24) is 5.32 Å². The summed E-state index contributed by atoms with van der Waals surface area (Å²) in [5, 5.41) is 10.1. The largest absolute Gasteiger partial charge is 0.497 e. The van der Waals surface area contributed by atoms with Crippen LogP contribution in [0.2, 0.25) is 0 Å². The van der Waals surface area contributed by atoms with Gasteiger partial charge in [0.2, 0.25) is 5.91 Å². The highest BCUT2D eigenvalue weighted by molar-refractivity contribution is 8.00. The molecule has 1 atom stereocenters. The van der Waals surface area contributed by atoms with Gasteiger partial charge in [-0.1, -0.05) is 54.1 Å². The van der Waals surface area contributed by atoms with E-state index in [0.717, 1.165) is 11.1 Å². The van der Waals surface area contributed by atoms with Gasteiger partial charge < -0.3 is 30.2 Å². The van der Waals surface area contributed by atoms with E-state index in [4.69, 9.17) is 14.2 Å². The van der Waals surface area contributed by atoms with Crippen LogP contribution in [0.4, 0.5) is 10.7 Å². The Morgan fingerprint density at radius 1 is 0.827 bits per heavy atom. The molecule has 1 heterocycles. The molecule has 0 bridgehead atoms. The summed E-state index contributed by atoms with van der Waals surface area (Å²) in [4.78, 5) is 53.8. The Kier molecular flexibility index (Phi) is 12.5. The average Bonchev–Trinajstić information content (AvgIpc) is 3.58. The Bertz CT molecular complexity index is 2110. The maximum absolute atomic E-state index is 13.7. The molecular formula is C40H37N3O7S2. The zero-order valence-corrected chi connectivity index (χ0v) is 30.8. The molecule has 0 saturated carbocycles. The van der Waals surface area contributed by atoms with E-state index >= 15 is 0 Å². The summed E-state index contributed by atoms with van der Waals surface area (Å²) < 4.78 is 15.9. The summed E-state index contributed by atoms with van der Waals surface area (Å²) in [6.07, 6.45) is 1.52. The number of methoxy groups -OCH3 is 3. The number of carbonyl (C=O) groups excluding carboxylic acids is 4. The lowest BCUT2D eigenvalue weighted by Crippen LogP contribution is -2.30. The van der Waals surface area contributed by atoms with Gasteiger partial charge in [0, 0.05) is 38.7 Å². The zero-order valence-electron chi connectivity index (χ0n) is 29.1. The van der Waals surface area contributed by atoms with Gasteiger partial charge in [0.25, 0.3) is 11.8 Å². The fourth-order valence-electron chi connectivity index (χ4n) is 5.05. The van der Waals surface area contributed by atoms with Gasteiger partial charge in [-0.15, -0.1) is 23.1 Å². The molecule has 5 aromatic rings. The van der Waals surface area contributed by atoms with Crippen molar-refractivity contribution in [3.05, 3.63) is 130 Å². The van der Waals surface area contributed by atoms with E-state index < -0.39 is 23.0 Å². The highest BCUT2D eigenvalue weighted by Crippen LogP contribution is 2.37. The number of thiophene rings is 1. The smallest absolute Gasteiger partial charge is 0.341 e. The van der Waals surface area contributed by atoms with Gasteiger partial charge >= 0.3 is 5.97 Å². The molecule has 4 aromatic carbocycles. The van der Waals surface area contributed by atoms with E-state index in [1.165, 1.54) is 50.5 Å². The number of amides is 3. The van der Waals surface area contributed by atoms with Crippen LogP contribution >= 0.6 is 23.1 Å². The molecule has 3 amide bonds. The Labute approximate surface area is 310 Å². The van der Waals surface area contributed by atoms with Crippen LogP contribution in [0.1, 0.15) is 38.8 Å².